The number of halogens is 2. The van der Waals surface area contributed by atoms with Gasteiger partial charge < -0.3 is 10.2 Å². The molecular formula is C15H20F2N2. The molecule has 2 nitrogen and oxygen atoms in total. The van der Waals surface area contributed by atoms with Gasteiger partial charge in [-0.2, -0.15) is 0 Å². The van der Waals surface area contributed by atoms with Crippen LogP contribution in [0.15, 0.2) is 18.2 Å². The topological polar surface area (TPSA) is 15.3 Å². The normalized spacial score (nSPS) is 22.7. The van der Waals surface area contributed by atoms with Crippen molar-refractivity contribution in [1.82, 2.24) is 5.32 Å². The summed E-state index contributed by atoms with van der Waals surface area (Å²) in [5.74, 6) is -0.986. The van der Waals surface area contributed by atoms with Crippen LogP contribution in [0.5, 0.6) is 0 Å². The molecule has 0 bridgehead atoms. The van der Waals surface area contributed by atoms with Crippen LogP contribution in [0.4, 0.5) is 14.5 Å². The first kappa shape index (κ1) is 12.9. The van der Waals surface area contributed by atoms with Crippen molar-refractivity contribution in [3.05, 3.63) is 29.8 Å². The molecule has 3 rings (SSSR count). The SMILES string of the molecule is Fc1cc(F)cc(N2CCCNC3(CCCC3)C2)c1. The lowest BCUT2D eigenvalue weighted by Crippen LogP contribution is -2.49. The highest BCUT2D eigenvalue weighted by Crippen LogP contribution is 2.33. The van der Waals surface area contributed by atoms with Crippen molar-refractivity contribution in [2.24, 2.45) is 0 Å². The van der Waals surface area contributed by atoms with Gasteiger partial charge in [-0.15, -0.1) is 0 Å². The Bertz CT molecular complexity index is 435. The minimum atomic E-state index is -0.493. The van der Waals surface area contributed by atoms with Crippen molar-refractivity contribution in [2.45, 2.75) is 37.6 Å². The Kier molecular flexibility index (Phi) is 3.44. The predicted octanol–water partition coefficient (Wildman–Crippen LogP) is 3.08. The number of anilines is 1. The van der Waals surface area contributed by atoms with Crippen molar-refractivity contribution >= 4 is 5.69 Å². The maximum atomic E-state index is 13.4. The Morgan fingerprint density at radius 2 is 1.68 bits per heavy atom. The molecule has 0 amide bonds. The van der Waals surface area contributed by atoms with Gasteiger partial charge in [-0.05, 0) is 37.9 Å². The molecule has 0 atom stereocenters. The first-order valence-corrected chi connectivity index (χ1v) is 7.13. The monoisotopic (exact) mass is 266 g/mol. The van der Waals surface area contributed by atoms with Crippen LogP contribution in [0.3, 0.4) is 0 Å². The zero-order chi connectivity index (χ0) is 13.3. The van der Waals surface area contributed by atoms with Gasteiger partial charge in [0.1, 0.15) is 11.6 Å². The van der Waals surface area contributed by atoms with Gasteiger partial charge in [-0.25, -0.2) is 8.78 Å². The van der Waals surface area contributed by atoms with Gasteiger partial charge in [0, 0.05) is 30.4 Å². The second-order valence-electron chi connectivity index (χ2n) is 5.82. The summed E-state index contributed by atoms with van der Waals surface area (Å²) in [6.07, 6.45) is 5.85. The van der Waals surface area contributed by atoms with E-state index in [1.165, 1.54) is 37.8 Å². The Morgan fingerprint density at radius 1 is 1.00 bits per heavy atom. The summed E-state index contributed by atoms with van der Waals surface area (Å²) in [5.41, 5.74) is 0.826. The van der Waals surface area contributed by atoms with Crippen LogP contribution in [-0.2, 0) is 0 Å². The molecule has 1 saturated carbocycles. The van der Waals surface area contributed by atoms with Gasteiger partial charge in [0.15, 0.2) is 0 Å². The summed E-state index contributed by atoms with van der Waals surface area (Å²) in [6, 6.07) is 3.82. The maximum Gasteiger partial charge on any atom is 0.128 e. The molecular weight excluding hydrogens is 246 g/mol. The molecule has 1 aromatic rings. The maximum absolute atomic E-state index is 13.4. The lowest BCUT2D eigenvalue weighted by atomic mass is 9.97. The Labute approximate surface area is 112 Å². The molecule has 1 heterocycles. The van der Waals surface area contributed by atoms with Gasteiger partial charge in [0.2, 0.25) is 0 Å². The summed E-state index contributed by atoms with van der Waals surface area (Å²) < 4.78 is 26.7. The van der Waals surface area contributed by atoms with E-state index in [0.717, 1.165) is 32.1 Å². The van der Waals surface area contributed by atoms with Crippen molar-refractivity contribution in [3.63, 3.8) is 0 Å². The second kappa shape index (κ2) is 5.08. The molecule has 0 aromatic heterocycles. The number of nitrogens with zero attached hydrogens (tertiary/aromatic N) is 1. The van der Waals surface area contributed by atoms with Gasteiger partial charge in [-0.1, -0.05) is 12.8 Å². The minimum Gasteiger partial charge on any atom is -0.369 e. The van der Waals surface area contributed by atoms with E-state index in [1.807, 2.05) is 0 Å². The van der Waals surface area contributed by atoms with Gasteiger partial charge in [-0.3, -0.25) is 0 Å². The van der Waals surface area contributed by atoms with Crippen LogP contribution < -0.4 is 10.2 Å². The summed E-state index contributed by atoms with van der Waals surface area (Å²) >= 11 is 0. The summed E-state index contributed by atoms with van der Waals surface area (Å²) in [7, 11) is 0. The number of rotatable bonds is 1. The van der Waals surface area contributed by atoms with E-state index in [1.54, 1.807) is 0 Å². The molecule has 2 aliphatic rings. The van der Waals surface area contributed by atoms with Gasteiger partial charge >= 0.3 is 0 Å². The van der Waals surface area contributed by atoms with E-state index in [2.05, 4.69) is 10.2 Å². The molecule has 1 aliphatic carbocycles. The molecule has 1 spiro atoms. The van der Waals surface area contributed by atoms with Crippen LogP contribution in [-0.4, -0.2) is 25.2 Å². The van der Waals surface area contributed by atoms with Crippen LogP contribution in [0.25, 0.3) is 0 Å². The molecule has 1 saturated heterocycles. The van der Waals surface area contributed by atoms with E-state index >= 15 is 0 Å². The summed E-state index contributed by atoms with van der Waals surface area (Å²) in [4.78, 5) is 2.14. The van der Waals surface area contributed by atoms with E-state index in [0.29, 0.717) is 5.69 Å². The van der Waals surface area contributed by atoms with E-state index in [9.17, 15) is 8.78 Å². The van der Waals surface area contributed by atoms with Crippen molar-refractivity contribution in [3.8, 4) is 0 Å². The number of hydrogen-bond donors (Lipinski definition) is 1. The lowest BCUT2D eigenvalue weighted by molar-refractivity contribution is 0.354. The third-order valence-corrected chi connectivity index (χ3v) is 4.37. The fourth-order valence-electron chi connectivity index (χ4n) is 3.45. The first-order chi connectivity index (χ1) is 9.17. The zero-order valence-electron chi connectivity index (χ0n) is 11.1. The lowest BCUT2D eigenvalue weighted by Gasteiger charge is -2.34. The smallest absolute Gasteiger partial charge is 0.128 e. The molecule has 19 heavy (non-hydrogen) atoms. The highest BCUT2D eigenvalue weighted by Gasteiger charge is 2.36. The van der Waals surface area contributed by atoms with Gasteiger partial charge in [0.05, 0.1) is 0 Å². The Morgan fingerprint density at radius 3 is 2.37 bits per heavy atom. The summed E-state index contributed by atoms with van der Waals surface area (Å²) in [6.45, 7) is 2.71. The fraction of sp³-hybridized carbons (Fsp3) is 0.600. The van der Waals surface area contributed by atoms with Gasteiger partial charge in [0.25, 0.3) is 0 Å². The fourth-order valence-corrected chi connectivity index (χ4v) is 3.45. The average molecular weight is 266 g/mol. The quantitative estimate of drug-likeness (QED) is 0.840. The first-order valence-electron chi connectivity index (χ1n) is 7.13. The van der Waals surface area contributed by atoms with E-state index in [-0.39, 0.29) is 5.54 Å². The second-order valence-corrected chi connectivity index (χ2v) is 5.82. The molecule has 1 N–H and O–H groups in total. The van der Waals surface area contributed by atoms with Crippen molar-refractivity contribution < 1.29 is 8.78 Å². The molecule has 1 aliphatic heterocycles. The van der Waals surface area contributed by atoms with Crippen molar-refractivity contribution in [1.29, 1.82) is 0 Å². The molecule has 2 fully saturated rings. The Hall–Kier alpha value is -1.16. The Balaban J connectivity index is 1.86. The molecule has 1 aromatic carbocycles. The standard InChI is InChI=1S/C15H20F2N2/c16-12-8-13(17)10-14(9-12)19-7-3-6-18-15(11-19)4-1-2-5-15/h8-10,18H,1-7,11H2. The number of nitrogens with one attached hydrogen (secondary N) is 1. The summed E-state index contributed by atoms with van der Waals surface area (Å²) in [5, 5.41) is 3.66. The largest absolute Gasteiger partial charge is 0.369 e. The predicted molar refractivity (Wildman–Crippen MR) is 72.4 cm³/mol. The van der Waals surface area contributed by atoms with E-state index in [4.69, 9.17) is 0 Å². The van der Waals surface area contributed by atoms with Crippen LogP contribution in [0.1, 0.15) is 32.1 Å². The number of benzene rings is 1. The van der Waals surface area contributed by atoms with Crippen molar-refractivity contribution in [2.75, 3.05) is 24.5 Å². The molecule has 104 valence electrons. The van der Waals surface area contributed by atoms with Crippen LogP contribution in [0.2, 0.25) is 0 Å². The van der Waals surface area contributed by atoms with Crippen LogP contribution in [0, 0.1) is 11.6 Å². The molecule has 0 radical (unpaired) electrons. The molecule has 4 heteroatoms. The molecule has 0 unspecified atom stereocenters. The van der Waals surface area contributed by atoms with E-state index < -0.39 is 11.6 Å². The van der Waals surface area contributed by atoms with Crippen LogP contribution >= 0.6 is 0 Å². The number of hydrogen-bond acceptors (Lipinski definition) is 2. The zero-order valence-corrected chi connectivity index (χ0v) is 11.1. The average Bonchev–Trinajstić information content (AvgIpc) is 2.69. The third-order valence-electron chi connectivity index (χ3n) is 4.37. The highest BCUT2D eigenvalue weighted by atomic mass is 19.1. The minimum absolute atomic E-state index is 0.152. The third kappa shape index (κ3) is 2.73. The highest BCUT2D eigenvalue weighted by molar-refractivity contribution is 5.47.